The van der Waals surface area contributed by atoms with Crippen molar-refractivity contribution in [2.75, 3.05) is 6.54 Å². The van der Waals surface area contributed by atoms with Crippen LogP contribution in [0, 0.1) is 17.8 Å². The van der Waals surface area contributed by atoms with Crippen molar-refractivity contribution in [1.29, 1.82) is 0 Å². The van der Waals surface area contributed by atoms with E-state index in [4.69, 9.17) is 5.73 Å². The first-order chi connectivity index (χ1) is 10.6. The molecule has 22 heavy (non-hydrogen) atoms. The van der Waals surface area contributed by atoms with Crippen molar-refractivity contribution in [1.82, 2.24) is 5.32 Å². The summed E-state index contributed by atoms with van der Waals surface area (Å²) in [6, 6.07) is 0.174. The number of amides is 1. The van der Waals surface area contributed by atoms with Gasteiger partial charge in [-0.05, 0) is 68.4 Å². The van der Waals surface area contributed by atoms with Crippen LogP contribution in [-0.2, 0) is 4.79 Å². The number of allylic oxidation sites excluding steroid dienone is 2. The molecule has 3 unspecified atom stereocenters. The van der Waals surface area contributed by atoms with Gasteiger partial charge in [-0.3, -0.25) is 4.79 Å². The van der Waals surface area contributed by atoms with Crippen LogP contribution in [0.4, 0.5) is 0 Å². The molecule has 3 heteroatoms. The summed E-state index contributed by atoms with van der Waals surface area (Å²) in [5.74, 6) is 2.54. The minimum atomic E-state index is 0.153. The Labute approximate surface area is 135 Å². The maximum atomic E-state index is 11.8. The fraction of sp³-hybridized carbons (Fsp3) is 0.737. The van der Waals surface area contributed by atoms with Crippen LogP contribution in [-0.4, -0.2) is 18.5 Å². The third kappa shape index (κ3) is 5.28. The molecule has 2 aliphatic carbocycles. The highest BCUT2D eigenvalue weighted by Crippen LogP contribution is 2.38. The van der Waals surface area contributed by atoms with Gasteiger partial charge in [0.2, 0.25) is 5.91 Å². The molecule has 0 bridgehead atoms. The normalized spacial score (nSPS) is 31.7. The van der Waals surface area contributed by atoms with Crippen molar-refractivity contribution in [3.8, 4) is 0 Å². The predicted molar refractivity (Wildman–Crippen MR) is 92.3 cm³/mol. The minimum absolute atomic E-state index is 0.153. The summed E-state index contributed by atoms with van der Waals surface area (Å²) in [7, 11) is 0. The second-order valence-electron chi connectivity index (χ2n) is 7.33. The molecule has 3 nitrogen and oxygen atoms in total. The van der Waals surface area contributed by atoms with Gasteiger partial charge >= 0.3 is 0 Å². The molecule has 0 aromatic heterocycles. The average Bonchev–Trinajstić information content (AvgIpc) is 2.47. The molecule has 0 aromatic carbocycles. The van der Waals surface area contributed by atoms with Crippen LogP contribution in [0.15, 0.2) is 23.8 Å². The molecule has 1 saturated carbocycles. The van der Waals surface area contributed by atoms with Crippen LogP contribution >= 0.6 is 0 Å². The summed E-state index contributed by atoms with van der Waals surface area (Å²) in [5, 5.41) is 3.11. The van der Waals surface area contributed by atoms with Crippen LogP contribution in [0.2, 0.25) is 0 Å². The zero-order chi connectivity index (χ0) is 15.9. The molecule has 0 spiro atoms. The fourth-order valence-corrected chi connectivity index (χ4v) is 3.97. The molecule has 2 aliphatic rings. The largest absolute Gasteiger partial charge is 0.350 e. The van der Waals surface area contributed by atoms with Crippen molar-refractivity contribution in [3.63, 3.8) is 0 Å². The molecule has 3 atom stereocenters. The number of unbranched alkanes of at least 4 members (excludes halogenated alkanes) is 1. The molecule has 1 fully saturated rings. The molecule has 0 saturated heterocycles. The van der Waals surface area contributed by atoms with Gasteiger partial charge in [0.05, 0.1) is 6.04 Å². The first-order valence-electron chi connectivity index (χ1n) is 8.96. The van der Waals surface area contributed by atoms with Gasteiger partial charge in [-0.1, -0.05) is 32.1 Å². The van der Waals surface area contributed by atoms with Crippen LogP contribution in [0.5, 0.6) is 0 Å². The number of nitrogens with one attached hydrogen (secondary N) is 1. The third-order valence-corrected chi connectivity index (χ3v) is 4.98. The van der Waals surface area contributed by atoms with Gasteiger partial charge in [0.25, 0.3) is 0 Å². The summed E-state index contributed by atoms with van der Waals surface area (Å²) in [6.07, 6.45) is 14.1. The number of hydrogen-bond donors (Lipinski definition) is 2. The first-order valence-corrected chi connectivity index (χ1v) is 8.96. The van der Waals surface area contributed by atoms with Gasteiger partial charge < -0.3 is 11.1 Å². The van der Waals surface area contributed by atoms with E-state index in [0.717, 1.165) is 37.0 Å². The van der Waals surface area contributed by atoms with E-state index in [0.29, 0.717) is 13.0 Å². The minimum Gasteiger partial charge on any atom is -0.350 e. The molecule has 0 aromatic rings. The van der Waals surface area contributed by atoms with Crippen LogP contribution in [0.1, 0.15) is 58.8 Å². The Morgan fingerprint density at radius 1 is 1.23 bits per heavy atom. The second-order valence-corrected chi connectivity index (χ2v) is 7.33. The molecule has 0 radical (unpaired) electrons. The Morgan fingerprint density at radius 3 is 2.55 bits per heavy atom. The summed E-state index contributed by atoms with van der Waals surface area (Å²) < 4.78 is 0. The second kappa shape index (κ2) is 8.52. The van der Waals surface area contributed by atoms with E-state index in [2.05, 4.69) is 37.4 Å². The van der Waals surface area contributed by atoms with Crippen molar-refractivity contribution in [3.05, 3.63) is 23.8 Å². The van der Waals surface area contributed by atoms with Crippen LogP contribution < -0.4 is 11.1 Å². The summed E-state index contributed by atoms with van der Waals surface area (Å²) in [6.45, 7) is 5.42. The van der Waals surface area contributed by atoms with Gasteiger partial charge in [-0.15, -0.1) is 0 Å². The molecular formula is C19H32N2O. The molecular weight excluding hydrogens is 272 g/mol. The Bertz CT molecular complexity index is 417. The van der Waals surface area contributed by atoms with Crippen molar-refractivity contribution >= 4 is 5.91 Å². The maximum absolute atomic E-state index is 11.8. The molecule has 3 N–H and O–H groups in total. The lowest BCUT2D eigenvalue weighted by molar-refractivity contribution is -0.121. The summed E-state index contributed by atoms with van der Waals surface area (Å²) >= 11 is 0. The van der Waals surface area contributed by atoms with E-state index in [9.17, 15) is 4.79 Å². The van der Waals surface area contributed by atoms with Crippen molar-refractivity contribution < 1.29 is 4.79 Å². The van der Waals surface area contributed by atoms with Crippen LogP contribution in [0.3, 0.4) is 0 Å². The van der Waals surface area contributed by atoms with E-state index in [1.54, 1.807) is 0 Å². The highest BCUT2D eigenvalue weighted by molar-refractivity contribution is 5.76. The van der Waals surface area contributed by atoms with Crippen LogP contribution in [0.25, 0.3) is 0 Å². The van der Waals surface area contributed by atoms with Crippen molar-refractivity contribution in [2.24, 2.45) is 23.5 Å². The summed E-state index contributed by atoms with van der Waals surface area (Å²) in [5.41, 5.74) is 6.95. The smallest absolute Gasteiger partial charge is 0.220 e. The third-order valence-electron chi connectivity index (χ3n) is 4.98. The number of rotatable bonds is 6. The number of carbonyl (C=O) groups excluding carboxylic acids is 1. The lowest BCUT2D eigenvalue weighted by atomic mass is 9.73. The molecule has 0 aliphatic heterocycles. The van der Waals surface area contributed by atoms with E-state index >= 15 is 0 Å². The van der Waals surface area contributed by atoms with Gasteiger partial charge in [-0.25, -0.2) is 0 Å². The predicted octanol–water partition coefficient (Wildman–Crippen LogP) is 3.56. The number of hydrogen-bond acceptors (Lipinski definition) is 2. The lowest BCUT2D eigenvalue weighted by Gasteiger charge is -2.33. The highest BCUT2D eigenvalue weighted by Gasteiger charge is 2.26. The summed E-state index contributed by atoms with van der Waals surface area (Å²) in [4.78, 5) is 11.8. The average molecular weight is 304 g/mol. The van der Waals surface area contributed by atoms with E-state index in [1.807, 2.05) is 0 Å². The Hall–Kier alpha value is -1.09. The number of nitrogens with two attached hydrogens (primary N) is 1. The van der Waals surface area contributed by atoms with E-state index < -0.39 is 0 Å². The van der Waals surface area contributed by atoms with Gasteiger partial charge in [0.15, 0.2) is 0 Å². The first kappa shape index (κ1) is 17.3. The van der Waals surface area contributed by atoms with Gasteiger partial charge in [0, 0.05) is 6.42 Å². The molecule has 1 amide bonds. The molecule has 124 valence electrons. The Kier molecular flexibility index (Phi) is 6.69. The quantitative estimate of drug-likeness (QED) is 0.737. The van der Waals surface area contributed by atoms with Gasteiger partial charge in [0.1, 0.15) is 0 Å². The van der Waals surface area contributed by atoms with E-state index in [1.165, 1.54) is 24.8 Å². The zero-order valence-electron chi connectivity index (χ0n) is 14.2. The standard InChI is InChI=1S/C19H32N2O/c1-14-11-15(2)13-17(12-14)16-6-8-18(9-7-16)21-19(22)5-3-4-10-20/h6-8,14-15,17-18H,3-5,9-13,20H2,1-2H3,(H,21,22). The Balaban J connectivity index is 1.78. The lowest BCUT2D eigenvalue weighted by Crippen LogP contribution is -2.34. The SMILES string of the molecule is CC1CC(C)CC(C2=CCC(NC(=O)CCCCN)C=C2)C1. The fourth-order valence-electron chi connectivity index (χ4n) is 3.97. The number of carbonyl (C=O) groups is 1. The van der Waals surface area contributed by atoms with E-state index in [-0.39, 0.29) is 11.9 Å². The highest BCUT2D eigenvalue weighted by atomic mass is 16.1. The molecule has 0 heterocycles. The van der Waals surface area contributed by atoms with Crippen molar-refractivity contribution in [2.45, 2.75) is 64.8 Å². The monoisotopic (exact) mass is 304 g/mol. The zero-order valence-corrected chi connectivity index (χ0v) is 14.2. The maximum Gasteiger partial charge on any atom is 0.220 e. The Morgan fingerprint density at radius 2 is 1.95 bits per heavy atom. The van der Waals surface area contributed by atoms with Gasteiger partial charge in [-0.2, -0.15) is 0 Å². The topological polar surface area (TPSA) is 55.1 Å². The molecule has 2 rings (SSSR count).